The highest BCUT2D eigenvalue weighted by molar-refractivity contribution is 7.91. The van der Waals surface area contributed by atoms with Gasteiger partial charge in [0.2, 0.25) is 9.84 Å². The van der Waals surface area contributed by atoms with Crippen molar-refractivity contribution in [3.05, 3.63) is 24.3 Å². The molecule has 0 aliphatic heterocycles. The fourth-order valence-corrected chi connectivity index (χ4v) is 1.77. The second-order valence-corrected chi connectivity index (χ2v) is 5.34. The summed E-state index contributed by atoms with van der Waals surface area (Å²) in [6.45, 7) is 3.77. The topological polar surface area (TPSA) is 63.6 Å². The van der Waals surface area contributed by atoms with Gasteiger partial charge in [-0.2, -0.15) is 0 Å². The quantitative estimate of drug-likeness (QED) is 0.844. The molecule has 0 amide bonds. The third kappa shape index (κ3) is 3.21. The van der Waals surface area contributed by atoms with Crippen molar-refractivity contribution >= 4 is 9.84 Å². The Bertz CT molecular complexity index is 406. The van der Waals surface area contributed by atoms with Crippen LogP contribution in [0.4, 0.5) is 0 Å². The van der Waals surface area contributed by atoms with Crippen LogP contribution < -0.4 is 4.74 Å². The Morgan fingerprint density at radius 2 is 1.80 bits per heavy atom. The Morgan fingerprint density at radius 1 is 1.27 bits per heavy atom. The molecule has 0 unspecified atom stereocenters. The van der Waals surface area contributed by atoms with E-state index in [-0.39, 0.29) is 11.0 Å². The summed E-state index contributed by atoms with van der Waals surface area (Å²) < 4.78 is 27.8. The summed E-state index contributed by atoms with van der Waals surface area (Å²) in [5, 5.41) is 8.64. The fourth-order valence-electron chi connectivity index (χ4n) is 1.07. The van der Waals surface area contributed by atoms with Gasteiger partial charge in [-0.05, 0) is 38.1 Å². The molecule has 1 aromatic carbocycles. The lowest BCUT2D eigenvalue weighted by Gasteiger charge is -2.09. The van der Waals surface area contributed by atoms with E-state index in [0.717, 1.165) is 0 Å². The Morgan fingerprint density at radius 3 is 2.20 bits per heavy atom. The van der Waals surface area contributed by atoms with Crippen molar-refractivity contribution in [1.29, 1.82) is 0 Å². The molecular formula is C10H14O4S. The van der Waals surface area contributed by atoms with Crippen molar-refractivity contribution < 1.29 is 18.3 Å². The van der Waals surface area contributed by atoms with Crippen LogP contribution in [0.15, 0.2) is 29.2 Å². The van der Waals surface area contributed by atoms with Crippen LogP contribution in [0, 0.1) is 0 Å². The minimum absolute atomic E-state index is 0.0466. The Balaban J connectivity index is 2.91. The van der Waals surface area contributed by atoms with E-state index in [4.69, 9.17) is 9.84 Å². The standard InChI is InChI=1S/C10H14O4S/c1-8(2)14-9-3-5-10(6-4-9)15(12,13)7-11/h3-6,8,11H,7H2,1-2H3. The monoisotopic (exact) mass is 230 g/mol. The van der Waals surface area contributed by atoms with E-state index >= 15 is 0 Å². The maximum atomic E-state index is 11.2. The summed E-state index contributed by atoms with van der Waals surface area (Å²) in [5.41, 5.74) is 0. The lowest BCUT2D eigenvalue weighted by Crippen LogP contribution is -2.07. The summed E-state index contributed by atoms with van der Waals surface area (Å²) in [7, 11) is -3.54. The van der Waals surface area contributed by atoms with Crippen molar-refractivity contribution in [2.75, 3.05) is 5.94 Å². The zero-order valence-corrected chi connectivity index (χ0v) is 9.49. The summed E-state index contributed by atoms with van der Waals surface area (Å²) in [6.07, 6.45) is 0.0466. The number of aliphatic hydroxyl groups is 1. The van der Waals surface area contributed by atoms with Gasteiger partial charge in [-0.3, -0.25) is 0 Å². The molecule has 0 aliphatic carbocycles. The van der Waals surface area contributed by atoms with Crippen molar-refractivity contribution in [3.8, 4) is 5.75 Å². The van der Waals surface area contributed by atoms with Crippen molar-refractivity contribution in [2.24, 2.45) is 0 Å². The summed E-state index contributed by atoms with van der Waals surface area (Å²) in [6, 6.07) is 5.98. The molecule has 0 saturated heterocycles. The minimum atomic E-state index is -3.54. The molecule has 1 rings (SSSR count). The highest BCUT2D eigenvalue weighted by Crippen LogP contribution is 2.17. The molecule has 0 radical (unpaired) electrons. The van der Waals surface area contributed by atoms with E-state index in [9.17, 15) is 8.42 Å². The van der Waals surface area contributed by atoms with Gasteiger partial charge in [0.15, 0.2) is 0 Å². The molecule has 0 atom stereocenters. The molecule has 0 spiro atoms. The smallest absolute Gasteiger partial charge is 0.202 e. The van der Waals surface area contributed by atoms with Gasteiger partial charge in [0, 0.05) is 0 Å². The van der Waals surface area contributed by atoms with E-state index < -0.39 is 15.8 Å². The van der Waals surface area contributed by atoms with Gasteiger partial charge in [-0.1, -0.05) is 0 Å². The average Bonchev–Trinajstić information content (AvgIpc) is 2.18. The van der Waals surface area contributed by atoms with E-state index in [1.54, 1.807) is 12.1 Å². The summed E-state index contributed by atoms with van der Waals surface area (Å²) in [4.78, 5) is 0.0982. The first-order valence-electron chi connectivity index (χ1n) is 4.56. The molecule has 0 bridgehead atoms. The molecule has 0 saturated carbocycles. The zero-order chi connectivity index (χ0) is 11.5. The fraction of sp³-hybridized carbons (Fsp3) is 0.400. The molecule has 0 aromatic heterocycles. The lowest BCUT2D eigenvalue weighted by molar-refractivity contribution is 0.242. The van der Waals surface area contributed by atoms with Gasteiger partial charge in [0.05, 0.1) is 11.0 Å². The third-order valence-corrected chi connectivity index (χ3v) is 3.05. The maximum absolute atomic E-state index is 11.2. The predicted octanol–water partition coefficient (Wildman–Crippen LogP) is 1.20. The highest BCUT2D eigenvalue weighted by atomic mass is 32.2. The Hall–Kier alpha value is -1.07. The number of hydrogen-bond donors (Lipinski definition) is 1. The zero-order valence-electron chi connectivity index (χ0n) is 8.67. The van der Waals surface area contributed by atoms with Crippen LogP contribution in [0.5, 0.6) is 5.75 Å². The third-order valence-electron chi connectivity index (χ3n) is 1.72. The minimum Gasteiger partial charge on any atom is -0.491 e. The molecule has 0 aliphatic rings. The van der Waals surface area contributed by atoms with E-state index in [1.807, 2.05) is 13.8 Å². The first kappa shape index (κ1) is 12.0. The van der Waals surface area contributed by atoms with Gasteiger partial charge in [-0.15, -0.1) is 0 Å². The highest BCUT2D eigenvalue weighted by Gasteiger charge is 2.12. The molecule has 15 heavy (non-hydrogen) atoms. The second-order valence-electron chi connectivity index (χ2n) is 3.38. The largest absolute Gasteiger partial charge is 0.491 e. The van der Waals surface area contributed by atoms with Gasteiger partial charge < -0.3 is 9.84 Å². The van der Waals surface area contributed by atoms with Gasteiger partial charge in [0.1, 0.15) is 11.7 Å². The van der Waals surface area contributed by atoms with Gasteiger partial charge in [0.25, 0.3) is 0 Å². The predicted molar refractivity (Wildman–Crippen MR) is 56.5 cm³/mol. The number of rotatable bonds is 4. The van der Waals surface area contributed by atoms with Crippen LogP contribution in [-0.4, -0.2) is 25.6 Å². The van der Waals surface area contributed by atoms with E-state index in [0.29, 0.717) is 5.75 Å². The SMILES string of the molecule is CC(C)Oc1ccc(S(=O)(=O)CO)cc1. The van der Waals surface area contributed by atoms with E-state index in [1.165, 1.54) is 12.1 Å². The number of aliphatic hydroxyl groups excluding tert-OH is 1. The Labute approximate surface area is 89.4 Å². The molecule has 84 valence electrons. The van der Waals surface area contributed by atoms with Crippen LogP contribution in [0.3, 0.4) is 0 Å². The van der Waals surface area contributed by atoms with Crippen LogP contribution in [0.1, 0.15) is 13.8 Å². The summed E-state index contributed by atoms with van der Waals surface area (Å²) in [5.74, 6) is -0.265. The summed E-state index contributed by atoms with van der Waals surface area (Å²) >= 11 is 0. The average molecular weight is 230 g/mol. The molecule has 0 heterocycles. The number of ether oxygens (including phenoxy) is 1. The van der Waals surface area contributed by atoms with Crippen LogP contribution in [-0.2, 0) is 9.84 Å². The van der Waals surface area contributed by atoms with Crippen molar-refractivity contribution in [2.45, 2.75) is 24.8 Å². The first-order chi connectivity index (χ1) is 6.95. The molecule has 1 N–H and O–H groups in total. The molecule has 0 fully saturated rings. The van der Waals surface area contributed by atoms with Crippen LogP contribution in [0.25, 0.3) is 0 Å². The molecular weight excluding hydrogens is 216 g/mol. The van der Waals surface area contributed by atoms with Crippen LogP contribution >= 0.6 is 0 Å². The van der Waals surface area contributed by atoms with Crippen molar-refractivity contribution in [1.82, 2.24) is 0 Å². The van der Waals surface area contributed by atoms with Crippen molar-refractivity contribution in [3.63, 3.8) is 0 Å². The number of benzene rings is 1. The molecule has 5 heteroatoms. The lowest BCUT2D eigenvalue weighted by atomic mass is 10.3. The van der Waals surface area contributed by atoms with Gasteiger partial charge >= 0.3 is 0 Å². The molecule has 4 nitrogen and oxygen atoms in total. The van der Waals surface area contributed by atoms with Crippen LogP contribution in [0.2, 0.25) is 0 Å². The number of sulfone groups is 1. The van der Waals surface area contributed by atoms with E-state index in [2.05, 4.69) is 0 Å². The Kier molecular flexibility index (Phi) is 3.71. The number of hydrogen-bond acceptors (Lipinski definition) is 4. The molecule has 1 aromatic rings. The normalized spacial score (nSPS) is 11.7. The van der Waals surface area contributed by atoms with Gasteiger partial charge in [-0.25, -0.2) is 8.42 Å². The maximum Gasteiger partial charge on any atom is 0.202 e. The second kappa shape index (κ2) is 4.63. The first-order valence-corrected chi connectivity index (χ1v) is 6.21.